The van der Waals surface area contributed by atoms with E-state index in [1.165, 1.54) is 6.07 Å². The number of hydrogen-bond donors (Lipinski definition) is 1. The van der Waals surface area contributed by atoms with Crippen molar-refractivity contribution in [3.05, 3.63) is 22.6 Å². The van der Waals surface area contributed by atoms with Crippen molar-refractivity contribution < 1.29 is 4.39 Å². The molecule has 0 aliphatic carbocycles. The van der Waals surface area contributed by atoms with Gasteiger partial charge in [0.2, 0.25) is 0 Å². The van der Waals surface area contributed by atoms with Gasteiger partial charge < -0.3 is 10.6 Å². The Kier molecular flexibility index (Phi) is 3.21. The lowest BCUT2D eigenvalue weighted by atomic mass is 10.1. The van der Waals surface area contributed by atoms with E-state index in [1.807, 2.05) is 4.90 Å². The Morgan fingerprint density at radius 3 is 3.07 bits per heavy atom. The van der Waals surface area contributed by atoms with Gasteiger partial charge in [-0.15, -0.1) is 0 Å². The zero-order valence-corrected chi connectivity index (χ0v) is 9.87. The molecule has 82 valence electrons. The van der Waals surface area contributed by atoms with Crippen LogP contribution < -0.4 is 10.6 Å². The summed E-state index contributed by atoms with van der Waals surface area (Å²) in [7, 11) is 0. The first kappa shape index (κ1) is 10.8. The van der Waals surface area contributed by atoms with E-state index in [0.29, 0.717) is 22.8 Å². The number of hydrogen-bond acceptors (Lipinski definition) is 3. The van der Waals surface area contributed by atoms with Gasteiger partial charge in [-0.2, -0.15) is 0 Å². The van der Waals surface area contributed by atoms with Crippen molar-refractivity contribution in [2.24, 2.45) is 11.7 Å². The van der Waals surface area contributed by atoms with E-state index in [1.54, 1.807) is 6.20 Å². The molecule has 0 spiro atoms. The summed E-state index contributed by atoms with van der Waals surface area (Å²) < 4.78 is 14.2. The molecule has 0 saturated carbocycles. The SMILES string of the molecule is NCC1CCN(c2ncc(Br)cc2F)C1. The summed E-state index contributed by atoms with van der Waals surface area (Å²) in [5, 5.41) is 0. The molecule has 1 saturated heterocycles. The minimum atomic E-state index is -0.276. The van der Waals surface area contributed by atoms with Crippen LogP contribution in [0.5, 0.6) is 0 Å². The van der Waals surface area contributed by atoms with E-state index >= 15 is 0 Å². The van der Waals surface area contributed by atoms with Gasteiger partial charge in [0.15, 0.2) is 11.6 Å². The molecule has 0 aromatic carbocycles. The van der Waals surface area contributed by atoms with E-state index in [4.69, 9.17) is 5.73 Å². The predicted molar refractivity (Wildman–Crippen MR) is 61.3 cm³/mol. The minimum absolute atomic E-state index is 0.276. The second kappa shape index (κ2) is 4.45. The summed E-state index contributed by atoms with van der Waals surface area (Å²) in [6, 6.07) is 1.44. The van der Waals surface area contributed by atoms with Crippen molar-refractivity contribution in [3.63, 3.8) is 0 Å². The van der Waals surface area contributed by atoms with Gasteiger partial charge in [-0.1, -0.05) is 0 Å². The summed E-state index contributed by atoms with van der Waals surface area (Å²) in [5.74, 6) is 0.631. The van der Waals surface area contributed by atoms with Gasteiger partial charge >= 0.3 is 0 Å². The third kappa shape index (κ3) is 2.29. The van der Waals surface area contributed by atoms with Crippen LogP contribution in [0.2, 0.25) is 0 Å². The van der Waals surface area contributed by atoms with Gasteiger partial charge in [0, 0.05) is 23.8 Å². The highest BCUT2D eigenvalue weighted by Gasteiger charge is 2.24. The zero-order valence-electron chi connectivity index (χ0n) is 8.29. The molecule has 0 amide bonds. The molecule has 0 radical (unpaired) electrons. The molecule has 2 heterocycles. The second-order valence-electron chi connectivity index (χ2n) is 3.80. The Labute approximate surface area is 96.6 Å². The molecule has 3 nitrogen and oxygen atoms in total. The van der Waals surface area contributed by atoms with Gasteiger partial charge in [-0.05, 0) is 40.9 Å². The van der Waals surface area contributed by atoms with Crippen molar-refractivity contribution >= 4 is 21.7 Å². The summed E-state index contributed by atoms with van der Waals surface area (Å²) >= 11 is 3.19. The van der Waals surface area contributed by atoms with Crippen molar-refractivity contribution in [2.45, 2.75) is 6.42 Å². The molecule has 1 aliphatic rings. The molecule has 1 aromatic rings. The number of nitrogens with zero attached hydrogens (tertiary/aromatic N) is 2. The molecule has 1 aliphatic heterocycles. The minimum Gasteiger partial charge on any atom is -0.354 e. The smallest absolute Gasteiger partial charge is 0.166 e. The third-order valence-electron chi connectivity index (χ3n) is 2.71. The van der Waals surface area contributed by atoms with Crippen LogP contribution in [-0.4, -0.2) is 24.6 Å². The first-order valence-electron chi connectivity index (χ1n) is 4.96. The molecular weight excluding hydrogens is 261 g/mol. The Morgan fingerprint density at radius 2 is 2.47 bits per heavy atom. The molecule has 15 heavy (non-hydrogen) atoms. The zero-order chi connectivity index (χ0) is 10.8. The average Bonchev–Trinajstić information content (AvgIpc) is 2.66. The van der Waals surface area contributed by atoms with Crippen LogP contribution in [0.25, 0.3) is 0 Å². The Hall–Kier alpha value is -0.680. The van der Waals surface area contributed by atoms with Crippen molar-refractivity contribution in [3.8, 4) is 0 Å². The lowest BCUT2D eigenvalue weighted by Crippen LogP contribution is -2.24. The number of aromatic nitrogens is 1. The number of rotatable bonds is 2. The Bertz CT molecular complexity index is 359. The number of nitrogens with two attached hydrogens (primary N) is 1. The van der Waals surface area contributed by atoms with Crippen LogP contribution in [0.3, 0.4) is 0 Å². The van der Waals surface area contributed by atoms with E-state index in [-0.39, 0.29) is 5.82 Å². The highest BCUT2D eigenvalue weighted by Crippen LogP contribution is 2.25. The normalized spacial score (nSPS) is 21.0. The lowest BCUT2D eigenvalue weighted by Gasteiger charge is -2.17. The first-order chi connectivity index (χ1) is 7.20. The van der Waals surface area contributed by atoms with E-state index < -0.39 is 0 Å². The molecule has 1 aromatic heterocycles. The Morgan fingerprint density at radius 1 is 1.67 bits per heavy atom. The molecule has 1 atom stereocenters. The van der Waals surface area contributed by atoms with Crippen LogP contribution in [-0.2, 0) is 0 Å². The fourth-order valence-corrected chi connectivity index (χ4v) is 2.16. The largest absolute Gasteiger partial charge is 0.354 e. The second-order valence-corrected chi connectivity index (χ2v) is 4.71. The van der Waals surface area contributed by atoms with Crippen molar-refractivity contribution in [2.75, 3.05) is 24.5 Å². The molecule has 1 unspecified atom stereocenters. The van der Waals surface area contributed by atoms with Gasteiger partial charge in [-0.25, -0.2) is 9.37 Å². The van der Waals surface area contributed by atoms with E-state index in [9.17, 15) is 4.39 Å². The monoisotopic (exact) mass is 273 g/mol. The maximum absolute atomic E-state index is 13.6. The van der Waals surface area contributed by atoms with Crippen LogP contribution in [0.4, 0.5) is 10.2 Å². The van der Waals surface area contributed by atoms with E-state index in [0.717, 1.165) is 19.5 Å². The predicted octanol–water partition coefficient (Wildman–Crippen LogP) is 1.77. The number of halogens is 2. The quantitative estimate of drug-likeness (QED) is 0.893. The molecule has 2 N–H and O–H groups in total. The fraction of sp³-hybridized carbons (Fsp3) is 0.500. The highest BCUT2D eigenvalue weighted by molar-refractivity contribution is 9.10. The van der Waals surface area contributed by atoms with Gasteiger partial charge in [0.1, 0.15) is 0 Å². The van der Waals surface area contributed by atoms with Crippen LogP contribution >= 0.6 is 15.9 Å². The summed E-state index contributed by atoms with van der Waals surface area (Å²) in [4.78, 5) is 6.05. The van der Waals surface area contributed by atoms with Gasteiger partial charge in [0.05, 0.1) is 0 Å². The number of anilines is 1. The lowest BCUT2D eigenvalue weighted by molar-refractivity contribution is 0.594. The summed E-state index contributed by atoms with van der Waals surface area (Å²) in [6.07, 6.45) is 2.64. The average molecular weight is 274 g/mol. The molecule has 0 bridgehead atoms. The maximum Gasteiger partial charge on any atom is 0.166 e. The van der Waals surface area contributed by atoms with Crippen molar-refractivity contribution in [1.29, 1.82) is 0 Å². The third-order valence-corrected chi connectivity index (χ3v) is 3.14. The maximum atomic E-state index is 13.6. The molecule has 1 fully saturated rings. The standard InChI is InChI=1S/C10H13BrFN3/c11-8-3-9(12)10(14-5-8)15-2-1-7(4-13)6-15/h3,5,7H,1-2,4,6,13H2. The summed E-state index contributed by atoms with van der Waals surface area (Å²) in [6.45, 7) is 2.31. The summed E-state index contributed by atoms with van der Waals surface area (Å²) in [5.41, 5.74) is 5.59. The van der Waals surface area contributed by atoms with Gasteiger partial charge in [-0.3, -0.25) is 0 Å². The molecular formula is C10H13BrFN3. The molecule has 2 rings (SSSR count). The topological polar surface area (TPSA) is 42.1 Å². The van der Waals surface area contributed by atoms with Crippen molar-refractivity contribution in [1.82, 2.24) is 4.98 Å². The Balaban J connectivity index is 2.17. The molecule has 5 heteroatoms. The first-order valence-corrected chi connectivity index (χ1v) is 5.76. The highest BCUT2D eigenvalue weighted by atomic mass is 79.9. The van der Waals surface area contributed by atoms with Crippen LogP contribution in [0, 0.1) is 11.7 Å². The van der Waals surface area contributed by atoms with E-state index in [2.05, 4.69) is 20.9 Å². The van der Waals surface area contributed by atoms with Crippen LogP contribution in [0.15, 0.2) is 16.7 Å². The fourth-order valence-electron chi connectivity index (χ4n) is 1.86. The van der Waals surface area contributed by atoms with Crippen LogP contribution in [0.1, 0.15) is 6.42 Å². The van der Waals surface area contributed by atoms with Gasteiger partial charge in [0.25, 0.3) is 0 Å². The number of pyridine rings is 1.